The van der Waals surface area contributed by atoms with Crippen LogP contribution in [0.25, 0.3) is 11.2 Å². The van der Waals surface area contributed by atoms with Crippen molar-refractivity contribution >= 4 is 17.2 Å². The first-order valence-electron chi connectivity index (χ1n) is 5.24. The van der Waals surface area contributed by atoms with Crippen molar-refractivity contribution in [2.24, 2.45) is 5.73 Å². The predicted molar refractivity (Wildman–Crippen MR) is 60.5 cm³/mol. The molecule has 0 amide bonds. The van der Waals surface area contributed by atoms with Crippen molar-refractivity contribution in [3.05, 3.63) is 23.7 Å². The standard InChI is InChI=1S/C11H13N3O3/c1-5(2)9-14-7-3-6(8(12)11(15)16)4-13-10(7)17-9/h3-5,8H,12H2,1-2H3,(H,15,16). The third-order valence-corrected chi connectivity index (χ3v) is 2.40. The molecule has 2 aromatic rings. The summed E-state index contributed by atoms with van der Waals surface area (Å²) >= 11 is 0. The molecule has 0 saturated carbocycles. The second-order valence-electron chi connectivity index (χ2n) is 4.12. The Kier molecular flexibility index (Phi) is 2.81. The summed E-state index contributed by atoms with van der Waals surface area (Å²) in [6.45, 7) is 3.91. The molecular weight excluding hydrogens is 222 g/mol. The lowest BCUT2D eigenvalue weighted by Gasteiger charge is -2.04. The molecule has 0 aromatic carbocycles. The fourth-order valence-electron chi connectivity index (χ4n) is 1.42. The maximum atomic E-state index is 10.8. The number of oxazole rings is 1. The van der Waals surface area contributed by atoms with Crippen molar-refractivity contribution < 1.29 is 14.3 Å². The number of pyridine rings is 1. The molecule has 1 unspecified atom stereocenters. The molecule has 6 nitrogen and oxygen atoms in total. The van der Waals surface area contributed by atoms with Crippen molar-refractivity contribution in [1.29, 1.82) is 0 Å². The van der Waals surface area contributed by atoms with Gasteiger partial charge in [-0.2, -0.15) is 0 Å². The van der Waals surface area contributed by atoms with E-state index in [1.807, 2.05) is 13.8 Å². The number of nitrogens with zero attached hydrogens (tertiary/aromatic N) is 2. The van der Waals surface area contributed by atoms with Crippen molar-refractivity contribution in [2.75, 3.05) is 0 Å². The second kappa shape index (κ2) is 4.14. The molecule has 2 rings (SSSR count). The molecule has 3 N–H and O–H groups in total. The SMILES string of the molecule is CC(C)c1nc2cc(C(N)C(=O)O)cnc2o1. The molecular formula is C11H13N3O3. The first-order valence-corrected chi connectivity index (χ1v) is 5.24. The van der Waals surface area contributed by atoms with Crippen molar-refractivity contribution in [2.45, 2.75) is 25.8 Å². The summed E-state index contributed by atoms with van der Waals surface area (Å²) < 4.78 is 5.41. The van der Waals surface area contributed by atoms with Gasteiger partial charge in [0.1, 0.15) is 11.6 Å². The highest BCUT2D eigenvalue weighted by atomic mass is 16.4. The van der Waals surface area contributed by atoms with Crippen LogP contribution < -0.4 is 5.73 Å². The van der Waals surface area contributed by atoms with Crippen LogP contribution in [0.2, 0.25) is 0 Å². The minimum atomic E-state index is -1.10. The zero-order chi connectivity index (χ0) is 12.6. The topological polar surface area (TPSA) is 102 Å². The molecule has 0 aliphatic carbocycles. The van der Waals surface area contributed by atoms with E-state index < -0.39 is 12.0 Å². The van der Waals surface area contributed by atoms with Gasteiger partial charge in [0.15, 0.2) is 5.89 Å². The lowest BCUT2D eigenvalue weighted by atomic mass is 10.1. The molecule has 0 spiro atoms. The third kappa shape index (κ3) is 2.12. The number of carboxylic acids is 1. The van der Waals surface area contributed by atoms with E-state index in [2.05, 4.69) is 9.97 Å². The number of carbonyl (C=O) groups is 1. The smallest absolute Gasteiger partial charge is 0.325 e. The van der Waals surface area contributed by atoms with Gasteiger partial charge in [0.2, 0.25) is 5.71 Å². The van der Waals surface area contributed by atoms with Gasteiger partial charge in [-0.05, 0) is 6.07 Å². The predicted octanol–water partition coefficient (Wildman–Crippen LogP) is 1.43. The molecule has 90 valence electrons. The lowest BCUT2D eigenvalue weighted by Crippen LogP contribution is -2.20. The van der Waals surface area contributed by atoms with E-state index in [4.69, 9.17) is 15.3 Å². The molecule has 2 heterocycles. The van der Waals surface area contributed by atoms with E-state index in [1.54, 1.807) is 6.07 Å². The largest absolute Gasteiger partial charge is 0.480 e. The number of aromatic nitrogens is 2. The van der Waals surface area contributed by atoms with Gasteiger partial charge in [-0.1, -0.05) is 13.8 Å². The normalized spacial score (nSPS) is 13.2. The zero-order valence-corrected chi connectivity index (χ0v) is 9.54. The number of carboxylic acid groups (broad SMARTS) is 1. The van der Waals surface area contributed by atoms with Gasteiger partial charge in [-0.3, -0.25) is 4.79 Å². The Balaban J connectivity index is 2.46. The van der Waals surface area contributed by atoms with Gasteiger partial charge in [0.25, 0.3) is 0 Å². The number of aliphatic carboxylic acids is 1. The number of hydrogen-bond acceptors (Lipinski definition) is 5. The van der Waals surface area contributed by atoms with Gasteiger partial charge in [-0.25, -0.2) is 9.97 Å². The number of fused-ring (bicyclic) bond motifs is 1. The Labute approximate surface area is 97.5 Å². The van der Waals surface area contributed by atoms with Crippen LogP contribution in [-0.4, -0.2) is 21.0 Å². The van der Waals surface area contributed by atoms with E-state index in [0.29, 0.717) is 22.7 Å². The third-order valence-electron chi connectivity index (χ3n) is 2.40. The Morgan fingerprint density at radius 2 is 2.24 bits per heavy atom. The Morgan fingerprint density at radius 1 is 1.53 bits per heavy atom. The van der Waals surface area contributed by atoms with E-state index in [9.17, 15) is 4.79 Å². The first-order chi connectivity index (χ1) is 7.99. The summed E-state index contributed by atoms with van der Waals surface area (Å²) in [6, 6.07) is 0.502. The van der Waals surface area contributed by atoms with Gasteiger partial charge >= 0.3 is 5.97 Å². The number of rotatable bonds is 3. The Bertz CT molecular complexity index is 562. The van der Waals surface area contributed by atoms with E-state index in [1.165, 1.54) is 6.20 Å². The highest BCUT2D eigenvalue weighted by Crippen LogP contribution is 2.21. The lowest BCUT2D eigenvalue weighted by molar-refractivity contribution is -0.138. The average Bonchev–Trinajstić information content (AvgIpc) is 2.70. The average molecular weight is 235 g/mol. The Morgan fingerprint density at radius 3 is 2.82 bits per heavy atom. The molecule has 0 saturated heterocycles. The monoisotopic (exact) mass is 235 g/mol. The van der Waals surface area contributed by atoms with Crippen molar-refractivity contribution in [1.82, 2.24) is 9.97 Å². The van der Waals surface area contributed by atoms with Gasteiger partial charge in [0, 0.05) is 17.7 Å². The molecule has 0 aliphatic rings. The highest BCUT2D eigenvalue weighted by Gasteiger charge is 2.17. The van der Waals surface area contributed by atoms with Gasteiger partial charge in [-0.15, -0.1) is 0 Å². The van der Waals surface area contributed by atoms with Crippen LogP contribution >= 0.6 is 0 Å². The van der Waals surface area contributed by atoms with E-state index in [0.717, 1.165) is 0 Å². The molecule has 0 radical (unpaired) electrons. The zero-order valence-electron chi connectivity index (χ0n) is 9.54. The molecule has 17 heavy (non-hydrogen) atoms. The van der Waals surface area contributed by atoms with Gasteiger partial charge < -0.3 is 15.3 Å². The molecule has 2 aromatic heterocycles. The maximum absolute atomic E-state index is 10.8. The van der Waals surface area contributed by atoms with Crippen LogP contribution in [0.1, 0.15) is 37.3 Å². The van der Waals surface area contributed by atoms with Crippen LogP contribution in [0.5, 0.6) is 0 Å². The quantitative estimate of drug-likeness (QED) is 0.834. The molecule has 0 bridgehead atoms. The number of hydrogen-bond donors (Lipinski definition) is 2. The van der Waals surface area contributed by atoms with Crippen LogP contribution in [0, 0.1) is 0 Å². The summed E-state index contributed by atoms with van der Waals surface area (Å²) in [5.41, 5.74) is 6.84. The molecule has 1 atom stereocenters. The fraction of sp³-hybridized carbons (Fsp3) is 0.364. The highest BCUT2D eigenvalue weighted by molar-refractivity contribution is 5.77. The van der Waals surface area contributed by atoms with Crippen molar-refractivity contribution in [3.8, 4) is 0 Å². The first kappa shape index (κ1) is 11.5. The van der Waals surface area contributed by atoms with E-state index in [-0.39, 0.29) is 5.92 Å². The number of nitrogens with two attached hydrogens (primary N) is 1. The molecule has 0 aliphatic heterocycles. The van der Waals surface area contributed by atoms with Crippen LogP contribution in [0.15, 0.2) is 16.7 Å². The fourth-order valence-corrected chi connectivity index (χ4v) is 1.42. The minimum absolute atomic E-state index is 0.154. The molecule has 0 fully saturated rings. The van der Waals surface area contributed by atoms with Gasteiger partial charge in [0.05, 0.1) is 0 Å². The van der Waals surface area contributed by atoms with Crippen LogP contribution in [-0.2, 0) is 4.79 Å². The summed E-state index contributed by atoms with van der Waals surface area (Å²) in [7, 11) is 0. The van der Waals surface area contributed by atoms with Crippen molar-refractivity contribution in [3.63, 3.8) is 0 Å². The second-order valence-corrected chi connectivity index (χ2v) is 4.12. The van der Waals surface area contributed by atoms with Crippen LogP contribution in [0.3, 0.4) is 0 Å². The summed E-state index contributed by atoms with van der Waals surface area (Å²) in [4.78, 5) is 19.0. The minimum Gasteiger partial charge on any atom is -0.480 e. The summed E-state index contributed by atoms with van der Waals surface area (Å²) in [5.74, 6) is -0.368. The van der Waals surface area contributed by atoms with Crippen LogP contribution in [0.4, 0.5) is 0 Å². The molecule has 6 heteroatoms. The summed E-state index contributed by atoms with van der Waals surface area (Å²) in [6.07, 6.45) is 1.40. The summed E-state index contributed by atoms with van der Waals surface area (Å²) in [5, 5.41) is 8.80. The van der Waals surface area contributed by atoms with E-state index >= 15 is 0 Å². The maximum Gasteiger partial charge on any atom is 0.325 e. The Hall–Kier alpha value is -1.95.